The minimum Gasteiger partial charge on any atom is -0.344 e. The number of aromatic nitrogens is 1. The lowest BCUT2D eigenvalue weighted by Gasteiger charge is -2.17. The van der Waals surface area contributed by atoms with Crippen LogP contribution in [-0.2, 0) is 0 Å². The van der Waals surface area contributed by atoms with Crippen molar-refractivity contribution in [3.63, 3.8) is 0 Å². The van der Waals surface area contributed by atoms with Crippen LogP contribution in [0.15, 0.2) is 36.4 Å². The van der Waals surface area contributed by atoms with Gasteiger partial charge in [0.2, 0.25) is 5.95 Å². The topological polar surface area (TPSA) is 42.0 Å². The first-order valence-corrected chi connectivity index (χ1v) is 6.48. The summed E-state index contributed by atoms with van der Waals surface area (Å²) in [7, 11) is 0. The van der Waals surface area contributed by atoms with Crippen molar-refractivity contribution in [3.05, 3.63) is 64.7 Å². The lowest BCUT2D eigenvalue weighted by molar-refractivity contribution is 0.0933. The van der Waals surface area contributed by atoms with Gasteiger partial charge in [0.1, 0.15) is 5.69 Å². The zero-order chi connectivity index (χ0) is 14.7. The minimum absolute atomic E-state index is 0.0848. The van der Waals surface area contributed by atoms with Gasteiger partial charge in [-0.2, -0.15) is 4.39 Å². The highest BCUT2D eigenvalue weighted by Crippen LogP contribution is 2.18. The number of aryl methyl sites for hydroxylation is 2. The summed E-state index contributed by atoms with van der Waals surface area (Å²) in [6.07, 6.45) is 0. The number of carbonyl (C=O) groups is 1. The molecule has 0 aliphatic carbocycles. The van der Waals surface area contributed by atoms with Crippen LogP contribution >= 0.6 is 0 Å². The van der Waals surface area contributed by atoms with Crippen LogP contribution < -0.4 is 5.32 Å². The molecule has 1 heterocycles. The van der Waals surface area contributed by atoms with Crippen LogP contribution in [-0.4, -0.2) is 10.9 Å². The summed E-state index contributed by atoms with van der Waals surface area (Å²) in [4.78, 5) is 15.6. The second-order valence-corrected chi connectivity index (χ2v) is 4.90. The Morgan fingerprint density at radius 2 is 2.00 bits per heavy atom. The van der Waals surface area contributed by atoms with E-state index in [1.807, 2.05) is 32.9 Å². The Balaban J connectivity index is 2.15. The molecule has 0 fully saturated rings. The second-order valence-electron chi connectivity index (χ2n) is 4.90. The molecular formula is C16H17FN2O. The summed E-state index contributed by atoms with van der Waals surface area (Å²) in [5, 5.41) is 2.83. The standard InChI is InChI=1S/C16H17FN2O/c1-10-7-8-13(11(2)9-10)12(3)18-16(20)14-5-4-6-15(17)19-14/h4-9,12H,1-3H3,(H,18,20). The van der Waals surface area contributed by atoms with Gasteiger partial charge in [0.25, 0.3) is 5.91 Å². The van der Waals surface area contributed by atoms with Crippen molar-refractivity contribution in [2.45, 2.75) is 26.8 Å². The monoisotopic (exact) mass is 272 g/mol. The second kappa shape index (κ2) is 5.82. The van der Waals surface area contributed by atoms with Gasteiger partial charge < -0.3 is 5.32 Å². The van der Waals surface area contributed by atoms with E-state index in [4.69, 9.17) is 0 Å². The van der Waals surface area contributed by atoms with Gasteiger partial charge in [-0.05, 0) is 44.0 Å². The summed E-state index contributed by atoms with van der Waals surface area (Å²) < 4.78 is 13.0. The maximum absolute atomic E-state index is 13.0. The molecule has 0 saturated heterocycles. The molecule has 1 atom stereocenters. The van der Waals surface area contributed by atoms with E-state index in [1.165, 1.54) is 23.8 Å². The van der Waals surface area contributed by atoms with E-state index in [-0.39, 0.29) is 17.6 Å². The first kappa shape index (κ1) is 14.2. The van der Waals surface area contributed by atoms with Crippen molar-refractivity contribution in [1.29, 1.82) is 0 Å². The Labute approximate surface area is 117 Å². The number of rotatable bonds is 3. The summed E-state index contributed by atoms with van der Waals surface area (Å²) in [5.74, 6) is -1.03. The molecule has 104 valence electrons. The zero-order valence-corrected chi connectivity index (χ0v) is 11.8. The van der Waals surface area contributed by atoms with Crippen LogP contribution in [0.25, 0.3) is 0 Å². The number of pyridine rings is 1. The molecular weight excluding hydrogens is 255 g/mol. The van der Waals surface area contributed by atoms with Crippen LogP contribution in [0.4, 0.5) is 4.39 Å². The summed E-state index contributed by atoms with van der Waals surface area (Å²) in [6, 6.07) is 10.1. The number of hydrogen-bond acceptors (Lipinski definition) is 2. The third-order valence-corrected chi connectivity index (χ3v) is 3.19. The molecule has 0 radical (unpaired) electrons. The van der Waals surface area contributed by atoms with Crippen molar-refractivity contribution in [1.82, 2.24) is 10.3 Å². The SMILES string of the molecule is Cc1ccc(C(C)NC(=O)c2cccc(F)n2)c(C)c1. The van der Waals surface area contributed by atoms with Crippen LogP contribution in [0.1, 0.15) is 40.1 Å². The van der Waals surface area contributed by atoms with Crippen molar-refractivity contribution < 1.29 is 9.18 Å². The minimum atomic E-state index is -0.656. The smallest absolute Gasteiger partial charge is 0.270 e. The van der Waals surface area contributed by atoms with Gasteiger partial charge in [-0.15, -0.1) is 0 Å². The van der Waals surface area contributed by atoms with Crippen LogP contribution in [0.5, 0.6) is 0 Å². The average Bonchev–Trinajstić information content (AvgIpc) is 2.38. The maximum atomic E-state index is 13.0. The summed E-state index contributed by atoms with van der Waals surface area (Å²) in [5.41, 5.74) is 3.42. The first-order valence-electron chi connectivity index (χ1n) is 6.48. The largest absolute Gasteiger partial charge is 0.344 e. The van der Waals surface area contributed by atoms with Crippen molar-refractivity contribution in [2.75, 3.05) is 0 Å². The van der Waals surface area contributed by atoms with E-state index in [0.717, 1.165) is 11.1 Å². The quantitative estimate of drug-likeness (QED) is 0.871. The van der Waals surface area contributed by atoms with Gasteiger partial charge in [0, 0.05) is 0 Å². The van der Waals surface area contributed by atoms with Gasteiger partial charge in [-0.1, -0.05) is 29.8 Å². The van der Waals surface area contributed by atoms with Gasteiger partial charge in [0.15, 0.2) is 0 Å². The van der Waals surface area contributed by atoms with E-state index in [1.54, 1.807) is 0 Å². The molecule has 2 aromatic rings. The fourth-order valence-electron chi connectivity index (χ4n) is 2.19. The molecule has 0 spiro atoms. The highest BCUT2D eigenvalue weighted by molar-refractivity contribution is 5.92. The summed E-state index contributed by atoms with van der Waals surface area (Å²) >= 11 is 0. The lowest BCUT2D eigenvalue weighted by Crippen LogP contribution is -2.28. The molecule has 1 aromatic carbocycles. The Hall–Kier alpha value is -2.23. The molecule has 2 rings (SSSR count). The number of benzene rings is 1. The molecule has 1 amide bonds. The fourth-order valence-corrected chi connectivity index (χ4v) is 2.19. The fraction of sp³-hybridized carbons (Fsp3) is 0.250. The van der Waals surface area contributed by atoms with E-state index in [9.17, 15) is 9.18 Å². The third kappa shape index (κ3) is 3.20. The molecule has 4 heteroatoms. The lowest BCUT2D eigenvalue weighted by atomic mass is 10.0. The molecule has 20 heavy (non-hydrogen) atoms. The highest BCUT2D eigenvalue weighted by atomic mass is 19.1. The van der Waals surface area contributed by atoms with E-state index in [0.29, 0.717) is 0 Å². The Bertz CT molecular complexity index is 640. The van der Waals surface area contributed by atoms with Gasteiger partial charge in [-0.3, -0.25) is 4.79 Å². The predicted molar refractivity (Wildman–Crippen MR) is 76.0 cm³/mol. The van der Waals surface area contributed by atoms with Gasteiger partial charge in [0.05, 0.1) is 6.04 Å². The van der Waals surface area contributed by atoms with Gasteiger partial charge >= 0.3 is 0 Å². The normalized spacial score (nSPS) is 12.0. The number of halogens is 1. The number of carbonyl (C=O) groups excluding carboxylic acids is 1. The molecule has 1 N–H and O–H groups in total. The van der Waals surface area contributed by atoms with Crippen LogP contribution in [0.2, 0.25) is 0 Å². The van der Waals surface area contributed by atoms with Crippen molar-refractivity contribution in [2.24, 2.45) is 0 Å². The third-order valence-electron chi connectivity index (χ3n) is 3.19. The molecule has 0 saturated carbocycles. The van der Waals surface area contributed by atoms with E-state index in [2.05, 4.69) is 16.4 Å². The highest BCUT2D eigenvalue weighted by Gasteiger charge is 2.14. The molecule has 0 aliphatic rings. The number of amides is 1. The van der Waals surface area contributed by atoms with E-state index < -0.39 is 5.95 Å². The molecule has 1 unspecified atom stereocenters. The average molecular weight is 272 g/mol. The first-order chi connectivity index (χ1) is 9.47. The van der Waals surface area contributed by atoms with Crippen LogP contribution in [0, 0.1) is 19.8 Å². The molecule has 3 nitrogen and oxygen atoms in total. The molecule has 1 aromatic heterocycles. The van der Waals surface area contributed by atoms with E-state index >= 15 is 0 Å². The van der Waals surface area contributed by atoms with Crippen molar-refractivity contribution >= 4 is 5.91 Å². The Kier molecular flexibility index (Phi) is 4.13. The maximum Gasteiger partial charge on any atom is 0.270 e. The summed E-state index contributed by atoms with van der Waals surface area (Å²) in [6.45, 7) is 5.93. The number of hydrogen-bond donors (Lipinski definition) is 1. The number of nitrogens with zero attached hydrogens (tertiary/aromatic N) is 1. The Morgan fingerprint density at radius 1 is 1.25 bits per heavy atom. The van der Waals surface area contributed by atoms with Crippen molar-refractivity contribution in [3.8, 4) is 0 Å². The predicted octanol–water partition coefficient (Wildman–Crippen LogP) is 3.33. The van der Waals surface area contributed by atoms with Crippen LogP contribution in [0.3, 0.4) is 0 Å². The molecule has 0 aliphatic heterocycles. The Morgan fingerprint density at radius 3 is 2.65 bits per heavy atom. The molecule has 0 bridgehead atoms. The van der Waals surface area contributed by atoms with Gasteiger partial charge in [-0.25, -0.2) is 4.98 Å². The zero-order valence-electron chi connectivity index (χ0n) is 11.8. The number of nitrogens with one attached hydrogen (secondary N) is 1.